The van der Waals surface area contributed by atoms with Gasteiger partial charge in [-0.15, -0.1) is 0 Å². The molecular formula is C13H14N. The summed E-state index contributed by atoms with van der Waals surface area (Å²) in [5, 5.41) is 8.88. The first kappa shape index (κ1) is 10.5. The molecule has 0 aliphatic rings. The van der Waals surface area contributed by atoms with Gasteiger partial charge in [0.25, 0.3) is 0 Å². The third kappa shape index (κ3) is 3.45. The lowest BCUT2D eigenvalue weighted by molar-refractivity contribution is 0.984. The van der Waals surface area contributed by atoms with E-state index in [1.54, 1.807) is 0 Å². The second-order valence-electron chi connectivity index (χ2n) is 3.07. The number of nitriles is 1. The van der Waals surface area contributed by atoms with E-state index in [4.69, 9.17) is 5.26 Å². The van der Waals surface area contributed by atoms with Crippen LogP contribution >= 0.6 is 0 Å². The monoisotopic (exact) mass is 184 g/mol. The Bertz CT molecular complexity index is 319. The molecule has 0 amide bonds. The maximum absolute atomic E-state index is 8.88. The summed E-state index contributed by atoms with van der Waals surface area (Å²) in [6.45, 7) is 2.06. The molecule has 0 aliphatic heterocycles. The Morgan fingerprint density at radius 3 is 2.64 bits per heavy atom. The largest absolute Gasteiger partial charge is 0.198 e. The minimum absolute atomic E-state index is 0.114. The summed E-state index contributed by atoms with van der Waals surface area (Å²) in [5.41, 5.74) is 1.10. The third-order valence-corrected chi connectivity index (χ3v) is 1.90. The SMILES string of the molecule is CCC=CC(C#N)[CH]c1ccccc1. The first-order chi connectivity index (χ1) is 6.86. The van der Waals surface area contributed by atoms with Crippen molar-refractivity contribution in [2.45, 2.75) is 13.3 Å². The van der Waals surface area contributed by atoms with E-state index in [1.807, 2.05) is 48.9 Å². The smallest absolute Gasteiger partial charge is 0.0718 e. The van der Waals surface area contributed by atoms with Crippen molar-refractivity contribution in [2.75, 3.05) is 0 Å². The van der Waals surface area contributed by atoms with Crippen molar-refractivity contribution in [2.24, 2.45) is 5.92 Å². The highest BCUT2D eigenvalue weighted by Gasteiger charge is 2.03. The number of rotatable bonds is 4. The van der Waals surface area contributed by atoms with Crippen molar-refractivity contribution < 1.29 is 0 Å². The lowest BCUT2D eigenvalue weighted by Crippen LogP contribution is -1.94. The number of hydrogen-bond donors (Lipinski definition) is 0. The maximum atomic E-state index is 8.88. The molecule has 0 aromatic heterocycles. The zero-order chi connectivity index (χ0) is 10.2. The van der Waals surface area contributed by atoms with Crippen LogP contribution in [0.3, 0.4) is 0 Å². The van der Waals surface area contributed by atoms with Crippen LogP contribution in [0.2, 0.25) is 0 Å². The topological polar surface area (TPSA) is 23.8 Å². The Morgan fingerprint density at radius 2 is 2.07 bits per heavy atom. The van der Waals surface area contributed by atoms with Gasteiger partial charge in [0, 0.05) is 6.42 Å². The van der Waals surface area contributed by atoms with E-state index < -0.39 is 0 Å². The van der Waals surface area contributed by atoms with Crippen LogP contribution in [-0.2, 0) is 0 Å². The van der Waals surface area contributed by atoms with Gasteiger partial charge in [-0.3, -0.25) is 0 Å². The average Bonchev–Trinajstić information content (AvgIpc) is 2.25. The number of hydrogen-bond acceptors (Lipinski definition) is 1. The average molecular weight is 184 g/mol. The first-order valence-corrected chi connectivity index (χ1v) is 4.83. The molecule has 71 valence electrons. The van der Waals surface area contributed by atoms with Crippen LogP contribution in [-0.4, -0.2) is 0 Å². The van der Waals surface area contributed by atoms with Crippen LogP contribution in [0.5, 0.6) is 0 Å². The fourth-order valence-electron chi connectivity index (χ4n) is 1.19. The molecule has 1 radical (unpaired) electrons. The van der Waals surface area contributed by atoms with Crippen molar-refractivity contribution in [1.82, 2.24) is 0 Å². The van der Waals surface area contributed by atoms with Crippen molar-refractivity contribution in [3.63, 3.8) is 0 Å². The Kier molecular flexibility index (Phi) is 4.50. The van der Waals surface area contributed by atoms with E-state index in [0.29, 0.717) is 0 Å². The van der Waals surface area contributed by atoms with Gasteiger partial charge in [-0.05, 0) is 12.0 Å². The van der Waals surface area contributed by atoms with Crippen molar-refractivity contribution in [1.29, 1.82) is 5.26 Å². The molecular weight excluding hydrogens is 170 g/mol. The predicted molar refractivity (Wildman–Crippen MR) is 58.4 cm³/mol. The Morgan fingerprint density at radius 1 is 1.36 bits per heavy atom. The molecule has 1 nitrogen and oxygen atoms in total. The summed E-state index contributed by atoms with van der Waals surface area (Å²) in [5.74, 6) is -0.114. The number of benzene rings is 1. The molecule has 0 fully saturated rings. The quantitative estimate of drug-likeness (QED) is 0.658. The normalized spacial score (nSPS) is 12.6. The Labute approximate surface area is 85.7 Å². The van der Waals surface area contributed by atoms with Crippen molar-refractivity contribution in [3.05, 3.63) is 54.5 Å². The molecule has 1 atom stereocenters. The highest BCUT2D eigenvalue weighted by molar-refractivity contribution is 5.27. The van der Waals surface area contributed by atoms with E-state index in [1.165, 1.54) is 0 Å². The van der Waals surface area contributed by atoms with Gasteiger partial charge in [-0.1, -0.05) is 49.4 Å². The lowest BCUT2D eigenvalue weighted by Gasteiger charge is -2.02. The fourth-order valence-corrected chi connectivity index (χ4v) is 1.19. The molecule has 0 heterocycles. The molecule has 1 aromatic rings. The van der Waals surface area contributed by atoms with Gasteiger partial charge >= 0.3 is 0 Å². The van der Waals surface area contributed by atoms with E-state index >= 15 is 0 Å². The van der Waals surface area contributed by atoms with Gasteiger partial charge in [0.15, 0.2) is 0 Å². The molecule has 1 heteroatoms. The fraction of sp³-hybridized carbons (Fsp3) is 0.231. The Balaban J connectivity index is 2.58. The summed E-state index contributed by atoms with van der Waals surface area (Å²) < 4.78 is 0. The van der Waals surface area contributed by atoms with Crippen LogP contribution in [0.1, 0.15) is 18.9 Å². The van der Waals surface area contributed by atoms with Crippen LogP contribution < -0.4 is 0 Å². The van der Waals surface area contributed by atoms with Crippen LogP contribution in [0.15, 0.2) is 42.5 Å². The van der Waals surface area contributed by atoms with E-state index in [0.717, 1.165) is 12.0 Å². The lowest BCUT2D eigenvalue weighted by atomic mass is 10.0. The summed E-state index contributed by atoms with van der Waals surface area (Å²) in [4.78, 5) is 0. The van der Waals surface area contributed by atoms with Gasteiger partial charge in [0.05, 0.1) is 12.0 Å². The molecule has 0 bridgehead atoms. The maximum Gasteiger partial charge on any atom is 0.0718 e. The van der Waals surface area contributed by atoms with E-state index in [2.05, 4.69) is 13.0 Å². The van der Waals surface area contributed by atoms with Crippen LogP contribution in [0.4, 0.5) is 0 Å². The van der Waals surface area contributed by atoms with Gasteiger partial charge < -0.3 is 0 Å². The molecule has 0 saturated heterocycles. The highest BCUT2D eigenvalue weighted by atomic mass is 14.3. The van der Waals surface area contributed by atoms with Crippen LogP contribution in [0, 0.1) is 23.7 Å². The molecule has 0 spiro atoms. The zero-order valence-corrected chi connectivity index (χ0v) is 8.35. The number of allylic oxidation sites excluding steroid dienone is 2. The minimum atomic E-state index is -0.114. The summed E-state index contributed by atoms with van der Waals surface area (Å²) >= 11 is 0. The molecule has 1 unspecified atom stereocenters. The highest BCUT2D eigenvalue weighted by Crippen LogP contribution is 2.11. The van der Waals surface area contributed by atoms with Crippen molar-refractivity contribution in [3.8, 4) is 6.07 Å². The number of nitrogens with zero attached hydrogens (tertiary/aromatic N) is 1. The van der Waals surface area contributed by atoms with Gasteiger partial charge in [0.1, 0.15) is 0 Å². The zero-order valence-electron chi connectivity index (χ0n) is 8.35. The second-order valence-corrected chi connectivity index (χ2v) is 3.07. The van der Waals surface area contributed by atoms with E-state index in [-0.39, 0.29) is 5.92 Å². The standard InChI is InChI=1S/C13H14N/c1-2-3-7-13(11-14)10-12-8-5-4-6-9-12/h3-10,13H,2H2,1H3. The summed E-state index contributed by atoms with van der Waals surface area (Å²) in [7, 11) is 0. The van der Waals surface area contributed by atoms with E-state index in [9.17, 15) is 0 Å². The van der Waals surface area contributed by atoms with Gasteiger partial charge in [-0.2, -0.15) is 5.26 Å². The van der Waals surface area contributed by atoms with Crippen molar-refractivity contribution >= 4 is 0 Å². The third-order valence-electron chi connectivity index (χ3n) is 1.90. The molecule has 0 aliphatic carbocycles. The Hall–Kier alpha value is -1.55. The summed E-state index contributed by atoms with van der Waals surface area (Å²) in [6.07, 6.45) is 6.90. The van der Waals surface area contributed by atoms with Gasteiger partial charge in [-0.25, -0.2) is 0 Å². The first-order valence-electron chi connectivity index (χ1n) is 4.83. The molecule has 0 N–H and O–H groups in total. The summed E-state index contributed by atoms with van der Waals surface area (Å²) in [6, 6.07) is 12.2. The van der Waals surface area contributed by atoms with Gasteiger partial charge in [0.2, 0.25) is 0 Å². The van der Waals surface area contributed by atoms with Crippen LogP contribution in [0.25, 0.3) is 0 Å². The molecule has 0 saturated carbocycles. The molecule has 14 heavy (non-hydrogen) atoms. The second kappa shape index (κ2) is 5.99. The molecule has 1 rings (SSSR count). The molecule has 1 aromatic carbocycles. The predicted octanol–water partition coefficient (Wildman–Crippen LogP) is 3.34. The minimum Gasteiger partial charge on any atom is -0.198 e.